The van der Waals surface area contributed by atoms with Gasteiger partial charge in [-0.3, -0.25) is 4.79 Å². The first kappa shape index (κ1) is 17.4. The highest BCUT2D eigenvalue weighted by molar-refractivity contribution is 5.79. The molecule has 2 heterocycles. The van der Waals surface area contributed by atoms with Crippen LogP contribution in [0.5, 0.6) is 0 Å². The lowest BCUT2D eigenvalue weighted by Gasteiger charge is -2.34. The number of nitrogens with zero attached hydrogens (tertiary/aromatic N) is 2. The lowest BCUT2D eigenvalue weighted by atomic mass is 10.0. The number of likely N-dealkylation sites (N-methyl/N-ethyl adjacent to an activating group) is 1. The molecule has 2 fully saturated rings. The molecule has 4 heteroatoms. The van der Waals surface area contributed by atoms with E-state index in [1.165, 1.54) is 19.4 Å². The van der Waals surface area contributed by atoms with Crippen molar-refractivity contribution in [1.82, 2.24) is 9.80 Å². The maximum Gasteiger partial charge on any atom is 0.228 e. The molecular weight excluding hydrogens is 300 g/mol. The molecule has 0 saturated carbocycles. The number of carbonyl (C=O) groups is 1. The minimum atomic E-state index is -0.0685. The van der Waals surface area contributed by atoms with Gasteiger partial charge < -0.3 is 14.5 Å². The zero-order valence-corrected chi connectivity index (χ0v) is 15.0. The van der Waals surface area contributed by atoms with E-state index in [1.807, 2.05) is 25.1 Å². The van der Waals surface area contributed by atoms with Crippen LogP contribution in [0.4, 0.5) is 0 Å². The Morgan fingerprint density at radius 1 is 1.17 bits per heavy atom. The Kier molecular flexibility index (Phi) is 5.90. The summed E-state index contributed by atoms with van der Waals surface area (Å²) in [6.07, 6.45) is 4.77. The molecule has 0 spiro atoms. The zero-order chi connectivity index (χ0) is 16.9. The van der Waals surface area contributed by atoms with E-state index in [-0.39, 0.29) is 11.8 Å². The number of hydrogen-bond acceptors (Lipinski definition) is 3. The van der Waals surface area contributed by atoms with Gasteiger partial charge in [-0.2, -0.15) is 0 Å². The Labute approximate surface area is 145 Å². The Morgan fingerprint density at radius 3 is 2.58 bits per heavy atom. The van der Waals surface area contributed by atoms with E-state index in [9.17, 15) is 4.79 Å². The predicted molar refractivity (Wildman–Crippen MR) is 95.6 cm³/mol. The molecule has 2 aliphatic rings. The molecule has 1 aromatic rings. The van der Waals surface area contributed by atoms with E-state index in [0.29, 0.717) is 25.3 Å². The molecule has 3 rings (SSSR count). The summed E-state index contributed by atoms with van der Waals surface area (Å²) in [6.45, 7) is 5.15. The number of ether oxygens (including phenoxy) is 1. The van der Waals surface area contributed by atoms with E-state index >= 15 is 0 Å². The number of hydrogen-bond donors (Lipinski definition) is 0. The van der Waals surface area contributed by atoms with Crippen molar-refractivity contribution >= 4 is 5.91 Å². The Hall–Kier alpha value is -1.39. The quantitative estimate of drug-likeness (QED) is 0.804. The van der Waals surface area contributed by atoms with Gasteiger partial charge >= 0.3 is 0 Å². The number of amides is 1. The van der Waals surface area contributed by atoms with Crippen LogP contribution in [0.3, 0.4) is 0 Å². The molecule has 0 unspecified atom stereocenters. The molecule has 24 heavy (non-hydrogen) atoms. The fraction of sp³-hybridized carbons (Fsp3) is 0.650. The Balaban J connectivity index is 1.50. The smallest absolute Gasteiger partial charge is 0.228 e. The van der Waals surface area contributed by atoms with Gasteiger partial charge in [0.25, 0.3) is 0 Å². The maximum absolute atomic E-state index is 12.9. The number of rotatable bonds is 6. The Morgan fingerprint density at radius 2 is 1.88 bits per heavy atom. The van der Waals surface area contributed by atoms with Crippen LogP contribution in [-0.2, 0) is 16.1 Å². The van der Waals surface area contributed by atoms with Crippen LogP contribution < -0.4 is 0 Å². The van der Waals surface area contributed by atoms with Gasteiger partial charge in [0.05, 0.1) is 19.1 Å². The zero-order valence-electron chi connectivity index (χ0n) is 15.0. The van der Waals surface area contributed by atoms with E-state index in [1.54, 1.807) is 0 Å². The fourth-order valence-corrected chi connectivity index (χ4v) is 4.17. The highest BCUT2D eigenvalue weighted by Crippen LogP contribution is 2.30. The summed E-state index contributed by atoms with van der Waals surface area (Å²) < 4.78 is 5.79. The first-order chi connectivity index (χ1) is 11.7. The fourth-order valence-electron chi connectivity index (χ4n) is 4.17. The van der Waals surface area contributed by atoms with Gasteiger partial charge in [0.2, 0.25) is 5.91 Å². The van der Waals surface area contributed by atoms with Gasteiger partial charge in [-0.05, 0) is 44.8 Å². The van der Waals surface area contributed by atoms with E-state index in [2.05, 4.69) is 29.0 Å². The maximum atomic E-state index is 12.9. The molecule has 0 radical (unpaired) electrons. The van der Waals surface area contributed by atoms with Crippen LogP contribution >= 0.6 is 0 Å². The van der Waals surface area contributed by atoms with Gasteiger partial charge in [0.1, 0.15) is 0 Å². The number of benzene rings is 1. The molecule has 1 aromatic carbocycles. The minimum absolute atomic E-state index is 0.0685. The molecular formula is C20H30N2O2. The average molecular weight is 330 g/mol. The van der Waals surface area contributed by atoms with Crippen molar-refractivity contribution in [3.8, 4) is 0 Å². The molecule has 2 aliphatic heterocycles. The molecule has 0 aromatic heterocycles. The molecule has 4 nitrogen and oxygen atoms in total. The summed E-state index contributed by atoms with van der Waals surface area (Å²) in [5, 5.41) is 0. The number of likely N-dealkylation sites (tertiary alicyclic amines) is 2. The van der Waals surface area contributed by atoms with Gasteiger partial charge in [0.15, 0.2) is 0 Å². The lowest BCUT2D eigenvalue weighted by Crippen LogP contribution is -2.49. The summed E-state index contributed by atoms with van der Waals surface area (Å²) in [5.41, 5.74) is 1.16. The minimum Gasteiger partial charge on any atom is -0.376 e. The van der Waals surface area contributed by atoms with Crippen LogP contribution in [0.2, 0.25) is 0 Å². The van der Waals surface area contributed by atoms with Crippen molar-refractivity contribution in [1.29, 1.82) is 0 Å². The van der Waals surface area contributed by atoms with Crippen molar-refractivity contribution in [2.75, 3.05) is 26.7 Å². The highest BCUT2D eigenvalue weighted by atomic mass is 16.5. The third-order valence-electron chi connectivity index (χ3n) is 5.50. The van der Waals surface area contributed by atoms with Crippen LogP contribution in [0.15, 0.2) is 30.3 Å². The van der Waals surface area contributed by atoms with Crippen molar-refractivity contribution in [3.05, 3.63) is 35.9 Å². The lowest BCUT2D eigenvalue weighted by molar-refractivity contribution is -0.139. The van der Waals surface area contributed by atoms with E-state index in [4.69, 9.17) is 4.74 Å². The topological polar surface area (TPSA) is 32.8 Å². The van der Waals surface area contributed by atoms with Crippen LogP contribution in [-0.4, -0.2) is 54.5 Å². The summed E-state index contributed by atoms with van der Waals surface area (Å²) in [7, 11) is 2.20. The highest BCUT2D eigenvalue weighted by Gasteiger charge is 2.39. The Bertz CT molecular complexity index is 534. The summed E-state index contributed by atoms with van der Waals surface area (Å²) in [5.74, 6) is 0.201. The molecule has 2 saturated heterocycles. The van der Waals surface area contributed by atoms with Crippen molar-refractivity contribution in [2.45, 2.75) is 51.3 Å². The SMILES string of the molecule is C[C@H](COCc1ccccc1)C(=O)N1CCC[C@H]1[C@H]1CCCN1C. The summed E-state index contributed by atoms with van der Waals surface area (Å²) >= 11 is 0. The van der Waals surface area contributed by atoms with Crippen LogP contribution in [0, 0.1) is 5.92 Å². The second-order valence-corrected chi connectivity index (χ2v) is 7.33. The summed E-state index contributed by atoms with van der Waals surface area (Å²) in [6, 6.07) is 11.1. The van der Waals surface area contributed by atoms with Crippen LogP contribution in [0.25, 0.3) is 0 Å². The van der Waals surface area contributed by atoms with Gasteiger partial charge in [-0.15, -0.1) is 0 Å². The standard InChI is InChI=1S/C20H30N2O2/c1-16(14-24-15-17-8-4-3-5-9-17)20(23)22-13-7-11-19(22)18-10-6-12-21(18)2/h3-5,8-9,16,18-19H,6-7,10-15H2,1-2H3/t16-,18-,19+/m1/s1. The largest absolute Gasteiger partial charge is 0.376 e. The van der Waals surface area contributed by atoms with Gasteiger partial charge in [-0.25, -0.2) is 0 Å². The molecule has 132 valence electrons. The van der Waals surface area contributed by atoms with Crippen molar-refractivity contribution in [2.24, 2.45) is 5.92 Å². The molecule has 0 bridgehead atoms. The first-order valence-corrected chi connectivity index (χ1v) is 9.29. The predicted octanol–water partition coefficient (Wildman–Crippen LogP) is 2.92. The molecule has 3 atom stereocenters. The van der Waals surface area contributed by atoms with Gasteiger partial charge in [-0.1, -0.05) is 37.3 Å². The first-order valence-electron chi connectivity index (χ1n) is 9.29. The third kappa shape index (κ3) is 3.98. The third-order valence-corrected chi connectivity index (χ3v) is 5.50. The number of carbonyl (C=O) groups excluding carboxylic acids is 1. The monoisotopic (exact) mass is 330 g/mol. The average Bonchev–Trinajstić information content (AvgIpc) is 3.23. The van der Waals surface area contributed by atoms with Crippen LogP contribution in [0.1, 0.15) is 38.2 Å². The second-order valence-electron chi connectivity index (χ2n) is 7.33. The molecule has 1 amide bonds. The summed E-state index contributed by atoms with van der Waals surface area (Å²) in [4.78, 5) is 17.5. The second kappa shape index (κ2) is 8.13. The normalized spacial score (nSPS) is 26.0. The van der Waals surface area contributed by atoms with Crippen molar-refractivity contribution < 1.29 is 9.53 Å². The van der Waals surface area contributed by atoms with Crippen molar-refractivity contribution in [3.63, 3.8) is 0 Å². The van der Waals surface area contributed by atoms with E-state index in [0.717, 1.165) is 24.9 Å². The van der Waals surface area contributed by atoms with E-state index < -0.39 is 0 Å². The molecule has 0 N–H and O–H groups in total. The van der Waals surface area contributed by atoms with Gasteiger partial charge in [0, 0.05) is 18.6 Å². The molecule has 0 aliphatic carbocycles.